The van der Waals surface area contributed by atoms with Crippen LogP contribution in [0.4, 0.5) is 5.13 Å². The Morgan fingerprint density at radius 3 is 2.48 bits per heavy atom. The molecule has 1 rings (SSSR count). The second-order valence-electron chi connectivity index (χ2n) is 4.51. The summed E-state index contributed by atoms with van der Waals surface area (Å²) >= 11 is 1.36. The quantitative estimate of drug-likeness (QED) is 0.617. The van der Waals surface area contributed by atoms with Crippen LogP contribution in [-0.2, 0) is 16.1 Å². The van der Waals surface area contributed by atoms with Gasteiger partial charge in [-0.15, -0.1) is 11.3 Å². The van der Waals surface area contributed by atoms with Crippen LogP contribution in [0.2, 0.25) is 0 Å². The SMILES string of the molecule is C/C=C/C=C/C(=O)NCc1csc(N(C)C(=O)/C=C/C=C/C)n1. The van der Waals surface area contributed by atoms with Crippen LogP contribution in [0, 0.1) is 0 Å². The number of thiazole rings is 1. The molecule has 0 aliphatic carbocycles. The van der Waals surface area contributed by atoms with Gasteiger partial charge in [-0.1, -0.05) is 36.5 Å². The Balaban J connectivity index is 2.57. The number of nitrogens with zero attached hydrogens (tertiary/aromatic N) is 2. The lowest BCUT2D eigenvalue weighted by Crippen LogP contribution is -2.24. The highest BCUT2D eigenvalue weighted by molar-refractivity contribution is 7.14. The first-order valence-corrected chi connectivity index (χ1v) is 8.05. The highest BCUT2D eigenvalue weighted by Gasteiger charge is 2.12. The fraction of sp³-hybridized carbons (Fsp3) is 0.235. The van der Waals surface area contributed by atoms with Crippen LogP contribution in [0.5, 0.6) is 0 Å². The monoisotopic (exact) mass is 331 g/mol. The summed E-state index contributed by atoms with van der Waals surface area (Å²) < 4.78 is 0. The fourth-order valence-corrected chi connectivity index (χ4v) is 2.27. The van der Waals surface area contributed by atoms with Gasteiger partial charge in [-0.3, -0.25) is 14.5 Å². The van der Waals surface area contributed by atoms with E-state index in [1.165, 1.54) is 28.4 Å². The van der Waals surface area contributed by atoms with E-state index in [1.807, 2.05) is 31.4 Å². The van der Waals surface area contributed by atoms with E-state index in [4.69, 9.17) is 0 Å². The molecule has 0 atom stereocenters. The lowest BCUT2D eigenvalue weighted by molar-refractivity contribution is -0.116. The van der Waals surface area contributed by atoms with E-state index in [2.05, 4.69) is 10.3 Å². The van der Waals surface area contributed by atoms with Gasteiger partial charge >= 0.3 is 0 Å². The molecule has 0 spiro atoms. The average Bonchev–Trinajstić information content (AvgIpc) is 3.01. The van der Waals surface area contributed by atoms with E-state index in [-0.39, 0.29) is 11.8 Å². The molecule has 0 saturated heterocycles. The van der Waals surface area contributed by atoms with E-state index >= 15 is 0 Å². The molecule has 5 nitrogen and oxygen atoms in total. The van der Waals surface area contributed by atoms with Gasteiger partial charge in [0.2, 0.25) is 5.91 Å². The highest BCUT2D eigenvalue weighted by atomic mass is 32.1. The first-order chi connectivity index (χ1) is 11.1. The van der Waals surface area contributed by atoms with E-state index in [1.54, 1.807) is 31.4 Å². The zero-order valence-corrected chi connectivity index (χ0v) is 14.3. The molecule has 0 fully saturated rings. The van der Waals surface area contributed by atoms with Crippen LogP contribution in [0.15, 0.2) is 54.0 Å². The summed E-state index contributed by atoms with van der Waals surface area (Å²) in [6.07, 6.45) is 13.5. The minimum atomic E-state index is -0.184. The van der Waals surface area contributed by atoms with E-state index in [0.29, 0.717) is 11.7 Å². The molecule has 0 aliphatic heterocycles. The number of amides is 2. The van der Waals surface area contributed by atoms with Crippen LogP contribution in [0.1, 0.15) is 19.5 Å². The molecule has 23 heavy (non-hydrogen) atoms. The van der Waals surface area contributed by atoms with Gasteiger partial charge in [-0.05, 0) is 13.8 Å². The number of aromatic nitrogens is 1. The Morgan fingerprint density at radius 1 is 1.17 bits per heavy atom. The van der Waals surface area contributed by atoms with Gasteiger partial charge in [0, 0.05) is 24.6 Å². The molecule has 1 aromatic rings. The second-order valence-corrected chi connectivity index (χ2v) is 5.34. The lowest BCUT2D eigenvalue weighted by Gasteiger charge is -2.10. The zero-order valence-electron chi connectivity index (χ0n) is 13.5. The smallest absolute Gasteiger partial charge is 0.252 e. The minimum absolute atomic E-state index is 0.151. The van der Waals surface area contributed by atoms with Crippen molar-refractivity contribution in [3.8, 4) is 0 Å². The van der Waals surface area contributed by atoms with Crippen molar-refractivity contribution in [2.75, 3.05) is 11.9 Å². The summed E-state index contributed by atoms with van der Waals surface area (Å²) in [6, 6.07) is 0. The molecule has 1 heterocycles. The summed E-state index contributed by atoms with van der Waals surface area (Å²) in [7, 11) is 1.67. The van der Waals surface area contributed by atoms with Crippen LogP contribution in [0.25, 0.3) is 0 Å². The third-order valence-corrected chi connectivity index (χ3v) is 3.66. The number of carbonyl (C=O) groups is 2. The van der Waals surface area contributed by atoms with Crippen molar-refractivity contribution in [2.24, 2.45) is 0 Å². The fourth-order valence-electron chi connectivity index (χ4n) is 1.48. The van der Waals surface area contributed by atoms with Gasteiger partial charge < -0.3 is 5.32 Å². The van der Waals surface area contributed by atoms with Crippen molar-refractivity contribution in [3.63, 3.8) is 0 Å². The van der Waals surface area contributed by atoms with E-state index in [0.717, 1.165) is 5.69 Å². The molecule has 0 unspecified atom stereocenters. The third kappa shape index (κ3) is 6.88. The van der Waals surface area contributed by atoms with E-state index < -0.39 is 0 Å². The Hall–Kier alpha value is -2.47. The Morgan fingerprint density at radius 2 is 1.83 bits per heavy atom. The van der Waals surface area contributed by atoms with Gasteiger partial charge in [-0.25, -0.2) is 4.98 Å². The number of likely N-dealkylation sites (N-methyl/N-ethyl adjacent to an activating group) is 1. The first kappa shape index (κ1) is 18.6. The number of anilines is 1. The summed E-state index contributed by atoms with van der Waals surface area (Å²) in [5, 5.41) is 5.15. The topological polar surface area (TPSA) is 62.3 Å². The van der Waals surface area contributed by atoms with Crippen molar-refractivity contribution in [2.45, 2.75) is 20.4 Å². The number of nitrogens with one attached hydrogen (secondary N) is 1. The lowest BCUT2D eigenvalue weighted by atomic mass is 10.4. The van der Waals surface area contributed by atoms with Crippen molar-refractivity contribution >= 4 is 28.3 Å². The zero-order chi connectivity index (χ0) is 17.1. The Kier molecular flexibility index (Phi) is 8.31. The van der Waals surface area contributed by atoms with Gasteiger partial charge in [0.25, 0.3) is 5.91 Å². The molecule has 1 N–H and O–H groups in total. The summed E-state index contributed by atoms with van der Waals surface area (Å²) in [5.74, 6) is -0.335. The maximum atomic E-state index is 11.9. The predicted molar refractivity (Wildman–Crippen MR) is 95.3 cm³/mol. The summed E-state index contributed by atoms with van der Waals surface area (Å²) in [6.45, 7) is 4.09. The van der Waals surface area contributed by atoms with E-state index in [9.17, 15) is 9.59 Å². The Bertz CT molecular complexity index is 642. The normalized spacial score (nSPS) is 12.0. The standard InChI is InChI=1S/C17H21N3O2S/c1-4-6-8-10-15(21)18-12-14-13-23-17(19-14)20(3)16(22)11-9-7-5-2/h4-11,13H,12H2,1-3H3,(H,18,21)/b6-4+,7-5+,10-8+,11-9+. The van der Waals surface area contributed by atoms with Crippen molar-refractivity contribution in [1.29, 1.82) is 0 Å². The number of allylic oxidation sites excluding steroid dienone is 6. The predicted octanol–water partition coefficient (Wildman–Crippen LogP) is 2.99. The number of hydrogen-bond acceptors (Lipinski definition) is 4. The molecule has 0 bridgehead atoms. The van der Waals surface area contributed by atoms with Gasteiger partial charge in [0.15, 0.2) is 5.13 Å². The number of rotatable bonds is 7. The minimum Gasteiger partial charge on any atom is -0.347 e. The van der Waals surface area contributed by atoms with Crippen molar-refractivity contribution in [3.05, 3.63) is 59.7 Å². The van der Waals surface area contributed by atoms with Gasteiger partial charge in [-0.2, -0.15) is 0 Å². The summed E-state index contributed by atoms with van der Waals surface area (Å²) in [5.41, 5.74) is 0.717. The molecule has 0 aromatic carbocycles. The first-order valence-electron chi connectivity index (χ1n) is 7.17. The second kappa shape index (κ2) is 10.3. The molecular formula is C17H21N3O2S. The van der Waals surface area contributed by atoms with Crippen molar-refractivity contribution < 1.29 is 9.59 Å². The molecule has 0 saturated carbocycles. The van der Waals surface area contributed by atoms with Gasteiger partial charge in [0.1, 0.15) is 0 Å². The molecule has 6 heteroatoms. The van der Waals surface area contributed by atoms with Crippen LogP contribution >= 0.6 is 11.3 Å². The van der Waals surface area contributed by atoms with Crippen molar-refractivity contribution in [1.82, 2.24) is 10.3 Å². The van der Waals surface area contributed by atoms with Crippen LogP contribution < -0.4 is 10.2 Å². The Labute approximate surface area is 140 Å². The van der Waals surface area contributed by atoms with Gasteiger partial charge in [0.05, 0.1) is 12.2 Å². The van der Waals surface area contributed by atoms with Crippen LogP contribution in [-0.4, -0.2) is 23.8 Å². The summed E-state index contributed by atoms with van der Waals surface area (Å²) in [4.78, 5) is 29.3. The molecule has 0 radical (unpaired) electrons. The molecule has 1 aromatic heterocycles. The maximum Gasteiger partial charge on any atom is 0.252 e. The number of hydrogen-bond donors (Lipinski definition) is 1. The highest BCUT2D eigenvalue weighted by Crippen LogP contribution is 2.19. The number of carbonyl (C=O) groups excluding carboxylic acids is 2. The average molecular weight is 331 g/mol. The molecule has 122 valence electrons. The molecular weight excluding hydrogens is 310 g/mol. The van der Waals surface area contributed by atoms with Crippen LogP contribution in [0.3, 0.4) is 0 Å². The molecule has 2 amide bonds. The third-order valence-electron chi connectivity index (χ3n) is 2.69. The molecule has 0 aliphatic rings. The largest absolute Gasteiger partial charge is 0.347 e. The maximum absolute atomic E-state index is 11.9.